The third kappa shape index (κ3) is 6.28. The first-order valence-corrected chi connectivity index (χ1v) is 9.58. The second-order valence-corrected chi connectivity index (χ2v) is 7.85. The van der Waals surface area contributed by atoms with E-state index in [0.29, 0.717) is 5.02 Å². The van der Waals surface area contributed by atoms with Gasteiger partial charge in [-0.1, -0.05) is 11.6 Å². The maximum Gasteiger partial charge on any atom is 0.324 e. The summed E-state index contributed by atoms with van der Waals surface area (Å²) in [5.41, 5.74) is 0. The standard InChI is InChI=1S/C15H18ClN3O6S/c1-9(19-26(23,24)12-6-2-10(16)3-7-12)14(21)25-8-13(20)18-15(22)17-11-4-5-11/h2-3,6-7,9,11,19H,4-5,8H2,1H3,(H2,17,18,20,22)/t9-/m0/s1. The Kier molecular flexibility index (Phi) is 6.57. The molecule has 26 heavy (non-hydrogen) atoms. The zero-order chi connectivity index (χ0) is 19.3. The summed E-state index contributed by atoms with van der Waals surface area (Å²) in [7, 11) is -3.96. The highest BCUT2D eigenvalue weighted by molar-refractivity contribution is 7.89. The van der Waals surface area contributed by atoms with Crippen molar-refractivity contribution in [1.82, 2.24) is 15.4 Å². The Hall–Kier alpha value is -2.17. The summed E-state index contributed by atoms with van der Waals surface area (Å²) in [5.74, 6) is -1.77. The highest BCUT2D eigenvalue weighted by atomic mass is 35.5. The fraction of sp³-hybridized carbons (Fsp3) is 0.400. The van der Waals surface area contributed by atoms with Crippen molar-refractivity contribution in [3.05, 3.63) is 29.3 Å². The highest BCUT2D eigenvalue weighted by Crippen LogP contribution is 2.18. The molecule has 0 heterocycles. The second kappa shape index (κ2) is 8.47. The summed E-state index contributed by atoms with van der Waals surface area (Å²) < 4.78 is 31.2. The molecule has 0 bridgehead atoms. The van der Waals surface area contributed by atoms with Crippen LogP contribution in [-0.2, 0) is 24.3 Å². The summed E-state index contributed by atoms with van der Waals surface area (Å²) >= 11 is 5.70. The van der Waals surface area contributed by atoms with Crippen LogP contribution in [-0.4, -0.2) is 45.0 Å². The van der Waals surface area contributed by atoms with Crippen LogP contribution in [0.3, 0.4) is 0 Å². The van der Waals surface area contributed by atoms with Gasteiger partial charge in [-0.3, -0.25) is 14.9 Å². The van der Waals surface area contributed by atoms with Crippen LogP contribution < -0.4 is 15.4 Å². The molecule has 1 aromatic rings. The van der Waals surface area contributed by atoms with Crippen LogP contribution in [0.5, 0.6) is 0 Å². The van der Waals surface area contributed by atoms with E-state index in [-0.39, 0.29) is 10.9 Å². The fourth-order valence-electron chi connectivity index (χ4n) is 1.84. The first-order chi connectivity index (χ1) is 12.2. The Morgan fingerprint density at radius 2 is 1.85 bits per heavy atom. The van der Waals surface area contributed by atoms with Crippen LogP contribution in [0.2, 0.25) is 5.02 Å². The van der Waals surface area contributed by atoms with E-state index in [1.165, 1.54) is 31.2 Å². The number of hydrogen-bond donors (Lipinski definition) is 3. The molecule has 1 saturated carbocycles. The van der Waals surface area contributed by atoms with Gasteiger partial charge in [0.05, 0.1) is 4.90 Å². The Labute approximate surface area is 155 Å². The number of sulfonamides is 1. The number of ether oxygens (including phenoxy) is 1. The smallest absolute Gasteiger partial charge is 0.324 e. The molecule has 1 atom stereocenters. The molecule has 9 nitrogen and oxygen atoms in total. The minimum Gasteiger partial charge on any atom is -0.454 e. The zero-order valence-corrected chi connectivity index (χ0v) is 15.4. The molecule has 1 aliphatic rings. The summed E-state index contributed by atoms with van der Waals surface area (Å²) in [4.78, 5) is 34.6. The maximum absolute atomic E-state index is 12.2. The van der Waals surface area contributed by atoms with Gasteiger partial charge in [-0.15, -0.1) is 0 Å². The van der Waals surface area contributed by atoms with Crippen LogP contribution in [0.15, 0.2) is 29.2 Å². The number of carbonyl (C=O) groups excluding carboxylic acids is 3. The van der Waals surface area contributed by atoms with Crippen LogP contribution >= 0.6 is 11.6 Å². The summed E-state index contributed by atoms with van der Waals surface area (Å²) in [5, 5.41) is 4.91. The third-order valence-corrected chi connectivity index (χ3v) is 5.13. The van der Waals surface area contributed by atoms with E-state index in [4.69, 9.17) is 16.3 Å². The molecule has 142 valence electrons. The van der Waals surface area contributed by atoms with E-state index in [2.05, 4.69) is 10.0 Å². The monoisotopic (exact) mass is 403 g/mol. The lowest BCUT2D eigenvalue weighted by molar-refractivity contribution is -0.149. The normalized spacial score (nSPS) is 15.0. The van der Waals surface area contributed by atoms with Gasteiger partial charge in [0.2, 0.25) is 10.0 Å². The molecule has 1 fully saturated rings. The minimum absolute atomic E-state index is 0.0731. The van der Waals surface area contributed by atoms with Crippen molar-refractivity contribution in [3.8, 4) is 0 Å². The number of esters is 1. The molecule has 1 aliphatic carbocycles. The van der Waals surface area contributed by atoms with E-state index in [1.807, 2.05) is 5.32 Å². The second-order valence-electron chi connectivity index (χ2n) is 5.70. The molecular weight excluding hydrogens is 386 g/mol. The van der Waals surface area contributed by atoms with Gasteiger partial charge in [-0.2, -0.15) is 4.72 Å². The Balaban J connectivity index is 1.79. The largest absolute Gasteiger partial charge is 0.454 e. The van der Waals surface area contributed by atoms with Crippen LogP contribution in [0, 0.1) is 0 Å². The van der Waals surface area contributed by atoms with Crippen molar-refractivity contribution in [2.24, 2.45) is 0 Å². The van der Waals surface area contributed by atoms with Crippen molar-refractivity contribution >= 4 is 39.5 Å². The van der Waals surface area contributed by atoms with Gasteiger partial charge in [-0.25, -0.2) is 13.2 Å². The summed E-state index contributed by atoms with van der Waals surface area (Å²) in [6.45, 7) is 0.567. The maximum atomic E-state index is 12.2. The highest BCUT2D eigenvalue weighted by Gasteiger charge is 2.25. The molecular formula is C15H18ClN3O6S. The quantitative estimate of drug-likeness (QED) is 0.569. The Bertz CT molecular complexity index is 792. The lowest BCUT2D eigenvalue weighted by atomic mass is 10.4. The number of nitrogens with one attached hydrogen (secondary N) is 3. The molecule has 0 aromatic heterocycles. The van der Waals surface area contributed by atoms with Crippen molar-refractivity contribution in [2.45, 2.75) is 36.7 Å². The number of halogens is 1. The van der Waals surface area contributed by atoms with E-state index < -0.39 is 40.6 Å². The van der Waals surface area contributed by atoms with Gasteiger partial charge in [0, 0.05) is 11.1 Å². The molecule has 3 amide bonds. The number of benzene rings is 1. The first-order valence-electron chi connectivity index (χ1n) is 7.72. The fourth-order valence-corrected chi connectivity index (χ4v) is 3.15. The molecule has 0 unspecified atom stereocenters. The minimum atomic E-state index is -3.96. The van der Waals surface area contributed by atoms with Crippen LogP contribution in [0.1, 0.15) is 19.8 Å². The SMILES string of the molecule is C[C@H](NS(=O)(=O)c1ccc(Cl)cc1)C(=O)OCC(=O)NC(=O)NC1CC1. The molecule has 0 saturated heterocycles. The summed E-state index contributed by atoms with van der Waals surface area (Å²) in [6.07, 6.45) is 1.73. The van der Waals surface area contributed by atoms with Gasteiger partial charge >= 0.3 is 12.0 Å². The average molecular weight is 404 g/mol. The predicted molar refractivity (Wildman–Crippen MR) is 91.9 cm³/mol. The lowest BCUT2D eigenvalue weighted by Crippen LogP contribution is -2.44. The van der Waals surface area contributed by atoms with E-state index in [1.54, 1.807) is 0 Å². The first kappa shape index (κ1) is 20.1. The van der Waals surface area contributed by atoms with Gasteiger partial charge < -0.3 is 10.1 Å². The molecule has 1 aromatic carbocycles. The van der Waals surface area contributed by atoms with Gasteiger partial charge in [0.25, 0.3) is 5.91 Å². The van der Waals surface area contributed by atoms with E-state index in [0.717, 1.165) is 12.8 Å². The number of rotatable bonds is 7. The topological polar surface area (TPSA) is 131 Å². The number of hydrogen-bond acceptors (Lipinski definition) is 6. The van der Waals surface area contributed by atoms with Gasteiger partial charge in [0.15, 0.2) is 6.61 Å². The summed E-state index contributed by atoms with van der Waals surface area (Å²) in [6, 6.07) is 3.55. The molecule has 3 N–H and O–H groups in total. The number of imide groups is 1. The lowest BCUT2D eigenvalue weighted by Gasteiger charge is -2.13. The van der Waals surface area contributed by atoms with Crippen LogP contribution in [0.25, 0.3) is 0 Å². The van der Waals surface area contributed by atoms with E-state index in [9.17, 15) is 22.8 Å². The Morgan fingerprint density at radius 3 is 2.42 bits per heavy atom. The van der Waals surface area contributed by atoms with Gasteiger partial charge in [0.1, 0.15) is 6.04 Å². The molecule has 0 spiro atoms. The molecule has 11 heteroatoms. The van der Waals surface area contributed by atoms with Gasteiger partial charge in [-0.05, 0) is 44.0 Å². The Morgan fingerprint density at radius 1 is 1.23 bits per heavy atom. The molecule has 0 radical (unpaired) electrons. The van der Waals surface area contributed by atoms with Crippen molar-refractivity contribution in [1.29, 1.82) is 0 Å². The van der Waals surface area contributed by atoms with Crippen molar-refractivity contribution in [2.75, 3.05) is 6.61 Å². The van der Waals surface area contributed by atoms with Crippen molar-refractivity contribution < 1.29 is 27.5 Å². The predicted octanol–water partition coefficient (Wildman–Crippen LogP) is 0.538. The van der Waals surface area contributed by atoms with Crippen molar-refractivity contribution in [3.63, 3.8) is 0 Å². The zero-order valence-electron chi connectivity index (χ0n) is 13.8. The number of urea groups is 1. The number of carbonyl (C=O) groups is 3. The molecule has 0 aliphatic heterocycles. The molecule has 2 rings (SSSR count). The van der Waals surface area contributed by atoms with Crippen LogP contribution in [0.4, 0.5) is 4.79 Å². The number of amides is 3. The van der Waals surface area contributed by atoms with E-state index >= 15 is 0 Å². The average Bonchev–Trinajstić information content (AvgIpc) is 3.36. The third-order valence-electron chi connectivity index (χ3n) is 3.32.